The van der Waals surface area contributed by atoms with Crippen molar-refractivity contribution in [2.24, 2.45) is 5.73 Å². The van der Waals surface area contributed by atoms with Crippen molar-refractivity contribution in [2.75, 3.05) is 7.11 Å². The van der Waals surface area contributed by atoms with Gasteiger partial charge in [0.1, 0.15) is 27.3 Å². The van der Waals surface area contributed by atoms with E-state index in [2.05, 4.69) is 0 Å². The van der Waals surface area contributed by atoms with Crippen LogP contribution in [0.5, 0.6) is 17.2 Å². The van der Waals surface area contributed by atoms with Gasteiger partial charge in [-0.1, -0.05) is 41.5 Å². The van der Waals surface area contributed by atoms with Gasteiger partial charge in [0.2, 0.25) is 0 Å². The van der Waals surface area contributed by atoms with Gasteiger partial charge < -0.3 is 15.2 Å². The standard InChI is InChI=1S/C14H11Cl2NO2S/c1-18-8-5-6-9(14(17)20)12(7-8)19-11-4-2-3-10(15)13(11)16/h2-7H,1H3,(H2,17,20). The molecule has 0 unspecified atom stereocenters. The number of methoxy groups -OCH3 is 1. The van der Waals surface area contributed by atoms with Crippen LogP contribution in [0.15, 0.2) is 36.4 Å². The molecule has 0 bridgehead atoms. The van der Waals surface area contributed by atoms with Gasteiger partial charge in [-0.3, -0.25) is 0 Å². The quantitative estimate of drug-likeness (QED) is 0.844. The maximum Gasteiger partial charge on any atom is 0.147 e. The van der Waals surface area contributed by atoms with E-state index in [1.807, 2.05) is 0 Å². The summed E-state index contributed by atoms with van der Waals surface area (Å²) in [7, 11) is 1.56. The molecule has 0 fully saturated rings. The molecule has 2 aromatic carbocycles. The fourth-order valence-corrected chi connectivity index (χ4v) is 2.10. The monoisotopic (exact) mass is 327 g/mol. The van der Waals surface area contributed by atoms with Crippen LogP contribution in [0.3, 0.4) is 0 Å². The molecule has 0 aliphatic carbocycles. The molecule has 0 saturated carbocycles. The highest BCUT2D eigenvalue weighted by molar-refractivity contribution is 7.80. The zero-order valence-electron chi connectivity index (χ0n) is 10.5. The fourth-order valence-electron chi connectivity index (χ4n) is 1.60. The van der Waals surface area contributed by atoms with Crippen LogP contribution in [0.2, 0.25) is 10.0 Å². The van der Waals surface area contributed by atoms with E-state index in [0.717, 1.165) is 0 Å². The van der Waals surface area contributed by atoms with E-state index in [9.17, 15) is 0 Å². The lowest BCUT2D eigenvalue weighted by Gasteiger charge is -2.13. The molecule has 0 amide bonds. The van der Waals surface area contributed by atoms with Gasteiger partial charge in [-0.05, 0) is 24.3 Å². The van der Waals surface area contributed by atoms with Crippen molar-refractivity contribution < 1.29 is 9.47 Å². The molecule has 6 heteroatoms. The van der Waals surface area contributed by atoms with Gasteiger partial charge in [0.15, 0.2) is 0 Å². The first kappa shape index (κ1) is 14.9. The fraction of sp³-hybridized carbons (Fsp3) is 0.0714. The predicted molar refractivity (Wildman–Crippen MR) is 85.4 cm³/mol. The highest BCUT2D eigenvalue weighted by atomic mass is 35.5. The normalized spacial score (nSPS) is 10.2. The largest absolute Gasteiger partial charge is 0.497 e. The predicted octanol–water partition coefficient (Wildman–Crippen LogP) is 4.43. The maximum absolute atomic E-state index is 6.10. The van der Waals surface area contributed by atoms with Crippen molar-refractivity contribution in [2.45, 2.75) is 0 Å². The summed E-state index contributed by atoms with van der Waals surface area (Å²) in [6.45, 7) is 0. The van der Waals surface area contributed by atoms with Crippen molar-refractivity contribution in [3.05, 3.63) is 52.0 Å². The van der Waals surface area contributed by atoms with Crippen LogP contribution in [0.25, 0.3) is 0 Å². The van der Waals surface area contributed by atoms with E-state index in [0.29, 0.717) is 32.9 Å². The smallest absolute Gasteiger partial charge is 0.147 e. The maximum atomic E-state index is 6.10. The molecule has 0 aliphatic heterocycles. The molecule has 2 N–H and O–H groups in total. The Hall–Kier alpha value is -1.49. The van der Waals surface area contributed by atoms with Crippen LogP contribution in [0.4, 0.5) is 0 Å². The van der Waals surface area contributed by atoms with E-state index in [4.69, 9.17) is 50.6 Å². The summed E-state index contributed by atoms with van der Waals surface area (Å²) in [6.07, 6.45) is 0. The van der Waals surface area contributed by atoms with Gasteiger partial charge >= 0.3 is 0 Å². The molecule has 0 radical (unpaired) electrons. The molecule has 0 aliphatic rings. The molecule has 20 heavy (non-hydrogen) atoms. The number of hydrogen-bond donors (Lipinski definition) is 1. The van der Waals surface area contributed by atoms with Gasteiger partial charge in [-0.15, -0.1) is 0 Å². The molecule has 2 rings (SSSR count). The van der Waals surface area contributed by atoms with Crippen molar-refractivity contribution in [1.82, 2.24) is 0 Å². The van der Waals surface area contributed by atoms with Gasteiger partial charge in [0.25, 0.3) is 0 Å². The Morgan fingerprint density at radius 1 is 1.15 bits per heavy atom. The number of halogens is 2. The van der Waals surface area contributed by atoms with E-state index in [1.165, 1.54) is 0 Å². The Kier molecular flexibility index (Phi) is 4.70. The third-order valence-electron chi connectivity index (χ3n) is 2.59. The molecule has 3 nitrogen and oxygen atoms in total. The van der Waals surface area contributed by atoms with E-state index < -0.39 is 0 Å². The van der Waals surface area contributed by atoms with E-state index in [1.54, 1.807) is 43.5 Å². The third-order valence-corrected chi connectivity index (χ3v) is 3.61. The molecule has 0 saturated heterocycles. The Bertz CT molecular complexity index is 662. The third kappa shape index (κ3) is 3.15. The SMILES string of the molecule is COc1ccc(C(N)=S)c(Oc2cccc(Cl)c2Cl)c1. The van der Waals surface area contributed by atoms with E-state index in [-0.39, 0.29) is 4.99 Å². The summed E-state index contributed by atoms with van der Waals surface area (Å²) >= 11 is 17.1. The molecular formula is C14H11Cl2NO2S. The average Bonchev–Trinajstić information content (AvgIpc) is 2.43. The van der Waals surface area contributed by atoms with Crippen molar-refractivity contribution in [1.29, 1.82) is 0 Å². The molecule has 104 valence electrons. The Labute approximate surface area is 132 Å². The average molecular weight is 328 g/mol. The summed E-state index contributed by atoms with van der Waals surface area (Å²) in [6, 6.07) is 10.3. The Morgan fingerprint density at radius 3 is 2.55 bits per heavy atom. The second-order valence-corrected chi connectivity index (χ2v) is 5.11. The van der Waals surface area contributed by atoms with E-state index >= 15 is 0 Å². The Morgan fingerprint density at radius 2 is 1.90 bits per heavy atom. The molecule has 2 aromatic rings. The van der Waals surface area contributed by atoms with Crippen LogP contribution in [-0.4, -0.2) is 12.1 Å². The summed E-state index contributed by atoms with van der Waals surface area (Å²) in [5.41, 5.74) is 6.27. The zero-order chi connectivity index (χ0) is 14.7. The molecule has 0 spiro atoms. The zero-order valence-corrected chi connectivity index (χ0v) is 12.9. The molecule has 0 atom stereocenters. The number of nitrogens with two attached hydrogens (primary N) is 1. The van der Waals surface area contributed by atoms with Gasteiger partial charge in [0, 0.05) is 6.07 Å². The lowest BCUT2D eigenvalue weighted by Crippen LogP contribution is -2.10. The molecular weight excluding hydrogens is 317 g/mol. The second-order valence-electron chi connectivity index (χ2n) is 3.88. The van der Waals surface area contributed by atoms with Gasteiger partial charge in [-0.2, -0.15) is 0 Å². The highest BCUT2D eigenvalue weighted by Gasteiger charge is 2.12. The lowest BCUT2D eigenvalue weighted by atomic mass is 10.2. The first-order valence-electron chi connectivity index (χ1n) is 5.62. The van der Waals surface area contributed by atoms with Crippen LogP contribution in [0.1, 0.15) is 5.56 Å². The minimum Gasteiger partial charge on any atom is -0.497 e. The number of rotatable bonds is 4. The first-order valence-corrected chi connectivity index (χ1v) is 6.79. The number of hydrogen-bond acceptors (Lipinski definition) is 3. The number of ether oxygens (including phenoxy) is 2. The van der Waals surface area contributed by atoms with Crippen LogP contribution in [0, 0.1) is 0 Å². The van der Waals surface area contributed by atoms with Crippen LogP contribution < -0.4 is 15.2 Å². The summed E-state index contributed by atoms with van der Waals surface area (Å²) in [5.74, 6) is 1.50. The van der Waals surface area contributed by atoms with Crippen LogP contribution in [-0.2, 0) is 0 Å². The minimum absolute atomic E-state index is 0.223. The van der Waals surface area contributed by atoms with Crippen LogP contribution >= 0.6 is 35.4 Å². The summed E-state index contributed by atoms with van der Waals surface area (Å²) < 4.78 is 10.9. The van der Waals surface area contributed by atoms with Crippen molar-refractivity contribution in [3.8, 4) is 17.2 Å². The minimum atomic E-state index is 0.223. The molecule has 0 aromatic heterocycles. The summed E-state index contributed by atoms with van der Waals surface area (Å²) in [4.78, 5) is 0.223. The molecule has 0 heterocycles. The van der Waals surface area contributed by atoms with Crippen molar-refractivity contribution >= 4 is 40.4 Å². The van der Waals surface area contributed by atoms with Crippen molar-refractivity contribution in [3.63, 3.8) is 0 Å². The highest BCUT2D eigenvalue weighted by Crippen LogP contribution is 2.36. The number of thiocarbonyl (C=S) groups is 1. The topological polar surface area (TPSA) is 44.5 Å². The lowest BCUT2D eigenvalue weighted by molar-refractivity contribution is 0.409. The second kappa shape index (κ2) is 6.31. The van der Waals surface area contributed by atoms with Gasteiger partial charge in [0.05, 0.1) is 17.7 Å². The first-order chi connectivity index (χ1) is 9.52. The summed E-state index contributed by atoms with van der Waals surface area (Å²) in [5, 5.41) is 0.731. The van der Waals surface area contributed by atoms with Gasteiger partial charge in [-0.25, -0.2) is 0 Å². The Balaban J connectivity index is 2.46. The number of benzene rings is 2.